The number of anilines is 1. The van der Waals surface area contributed by atoms with E-state index in [1.54, 1.807) is 24.5 Å². The van der Waals surface area contributed by atoms with Crippen LogP contribution in [-0.2, 0) is 0 Å². The molecule has 1 aromatic carbocycles. The summed E-state index contributed by atoms with van der Waals surface area (Å²) < 4.78 is 7.11. The summed E-state index contributed by atoms with van der Waals surface area (Å²) in [6.45, 7) is 3.78. The third-order valence-electron chi connectivity index (χ3n) is 4.13. The van der Waals surface area contributed by atoms with Crippen molar-refractivity contribution in [2.75, 3.05) is 5.32 Å². The fraction of sp³-hybridized carbons (Fsp3) is 0.105. The summed E-state index contributed by atoms with van der Waals surface area (Å²) in [4.78, 5) is 12.6. The van der Waals surface area contributed by atoms with Gasteiger partial charge in [-0.1, -0.05) is 18.2 Å². The van der Waals surface area contributed by atoms with Gasteiger partial charge in [-0.25, -0.2) is 4.68 Å². The summed E-state index contributed by atoms with van der Waals surface area (Å²) in [6, 6.07) is 15.0. The van der Waals surface area contributed by atoms with Gasteiger partial charge in [0.2, 0.25) is 0 Å². The van der Waals surface area contributed by atoms with E-state index in [0.29, 0.717) is 17.1 Å². The highest BCUT2D eigenvalue weighted by atomic mass is 16.3. The first-order valence-corrected chi connectivity index (χ1v) is 8.16. The van der Waals surface area contributed by atoms with Gasteiger partial charge in [-0.3, -0.25) is 9.89 Å². The molecule has 130 valence electrons. The number of rotatable bonds is 4. The Morgan fingerprint density at radius 2 is 1.96 bits per heavy atom. The van der Waals surface area contributed by atoms with Crippen molar-refractivity contribution in [1.29, 1.82) is 0 Å². The number of furan rings is 1. The summed E-state index contributed by atoms with van der Waals surface area (Å²) in [6.07, 6.45) is 1.57. The monoisotopic (exact) mass is 347 g/mol. The lowest BCUT2D eigenvalue weighted by Crippen LogP contribution is -2.13. The van der Waals surface area contributed by atoms with Crippen LogP contribution in [0.3, 0.4) is 0 Å². The normalized spacial score (nSPS) is 10.8. The van der Waals surface area contributed by atoms with Crippen LogP contribution in [0.4, 0.5) is 5.69 Å². The van der Waals surface area contributed by atoms with E-state index in [2.05, 4.69) is 20.6 Å². The number of aryl methyl sites for hydroxylation is 1. The first kappa shape index (κ1) is 15.9. The van der Waals surface area contributed by atoms with Crippen molar-refractivity contribution in [1.82, 2.24) is 20.0 Å². The molecule has 0 spiro atoms. The maximum Gasteiger partial charge on any atom is 0.276 e. The minimum Gasteiger partial charge on any atom is -0.463 e. The lowest BCUT2D eigenvalue weighted by Gasteiger charge is -2.06. The van der Waals surface area contributed by atoms with Crippen LogP contribution in [0.15, 0.2) is 59.2 Å². The Morgan fingerprint density at radius 3 is 2.69 bits per heavy atom. The number of nitrogens with zero attached hydrogens (tertiary/aromatic N) is 3. The number of nitrogens with one attached hydrogen (secondary N) is 2. The molecule has 0 saturated heterocycles. The summed E-state index contributed by atoms with van der Waals surface area (Å²) >= 11 is 0. The summed E-state index contributed by atoms with van der Waals surface area (Å²) in [7, 11) is 0. The fourth-order valence-electron chi connectivity index (χ4n) is 2.82. The molecule has 0 radical (unpaired) electrons. The van der Waals surface area contributed by atoms with Gasteiger partial charge in [0, 0.05) is 6.07 Å². The minimum absolute atomic E-state index is 0.280. The zero-order valence-corrected chi connectivity index (χ0v) is 14.4. The van der Waals surface area contributed by atoms with Crippen molar-refractivity contribution < 1.29 is 9.21 Å². The van der Waals surface area contributed by atoms with E-state index in [9.17, 15) is 4.79 Å². The van der Waals surface area contributed by atoms with Crippen LogP contribution in [0.25, 0.3) is 17.1 Å². The van der Waals surface area contributed by atoms with E-state index in [1.807, 2.05) is 48.9 Å². The molecular weight excluding hydrogens is 330 g/mol. The summed E-state index contributed by atoms with van der Waals surface area (Å²) in [5.74, 6) is 0.318. The third-order valence-corrected chi connectivity index (χ3v) is 4.13. The summed E-state index contributed by atoms with van der Waals surface area (Å²) in [5.41, 5.74) is 4.14. The van der Waals surface area contributed by atoms with Crippen molar-refractivity contribution in [3.8, 4) is 17.1 Å². The molecule has 4 rings (SSSR count). The molecule has 3 heterocycles. The molecule has 7 heteroatoms. The molecule has 0 unspecified atom stereocenters. The van der Waals surface area contributed by atoms with Gasteiger partial charge < -0.3 is 9.73 Å². The van der Waals surface area contributed by atoms with Crippen LogP contribution in [0.2, 0.25) is 0 Å². The molecule has 26 heavy (non-hydrogen) atoms. The van der Waals surface area contributed by atoms with E-state index in [4.69, 9.17) is 4.42 Å². The predicted molar refractivity (Wildman–Crippen MR) is 97.3 cm³/mol. The molecule has 1 amide bonds. The Bertz CT molecular complexity index is 1050. The van der Waals surface area contributed by atoms with Gasteiger partial charge in [-0.15, -0.1) is 0 Å². The van der Waals surface area contributed by atoms with Gasteiger partial charge in [0.05, 0.1) is 29.0 Å². The lowest BCUT2D eigenvalue weighted by molar-refractivity contribution is 0.102. The number of amides is 1. The number of carbonyl (C=O) groups excluding carboxylic acids is 1. The van der Waals surface area contributed by atoms with Crippen molar-refractivity contribution in [2.24, 2.45) is 0 Å². The zero-order valence-electron chi connectivity index (χ0n) is 14.4. The van der Waals surface area contributed by atoms with Crippen molar-refractivity contribution >= 4 is 11.6 Å². The van der Waals surface area contributed by atoms with E-state index < -0.39 is 0 Å². The Balaban J connectivity index is 1.60. The van der Waals surface area contributed by atoms with Crippen LogP contribution in [-0.4, -0.2) is 25.9 Å². The Labute approximate surface area is 149 Å². The number of H-pyrrole nitrogens is 1. The quantitative estimate of drug-likeness (QED) is 0.589. The van der Waals surface area contributed by atoms with Crippen LogP contribution < -0.4 is 5.32 Å². The number of hydrogen-bond donors (Lipinski definition) is 2. The molecule has 0 fully saturated rings. The van der Waals surface area contributed by atoms with Gasteiger partial charge in [0.15, 0.2) is 11.5 Å². The second-order valence-electron chi connectivity index (χ2n) is 5.89. The van der Waals surface area contributed by atoms with Crippen molar-refractivity contribution in [2.45, 2.75) is 13.8 Å². The van der Waals surface area contributed by atoms with E-state index in [1.165, 1.54) is 0 Å². The second kappa shape index (κ2) is 6.36. The molecule has 2 N–H and O–H groups in total. The fourth-order valence-corrected chi connectivity index (χ4v) is 2.82. The third kappa shape index (κ3) is 2.79. The van der Waals surface area contributed by atoms with E-state index in [0.717, 1.165) is 17.1 Å². The van der Waals surface area contributed by atoms with Gasteiger partial charge in [-0.05, 0) is 38.1 Å². The Morgan fingerprint density at radius 1 is 1.15 bits per heavy atom. The molecule has 0 atom stereocenters. The minimum atomic E-state index is -0.308. The average Bonchev–Trinajstić information content (AvgIpc) is 3.39. The topological polar surface area (TPSA) is 88.7 Å². The van der Waals surface area contributed by atoms with E-state index >= 15 is 0 Å². The molecule has 0 aliphatic rings. The standard InChI is InChI=1S/C19H17N5O2/c1-12-18(13(2)24(23-12)14-7-4-3-5-8-14)20-19(25)16-11-15(21-22-16)17-9-6-10-26-17/h3-11H,1-2H3,(H,20,25)(H,21,22). The van der Waals surface area contributed by atoms with Gasteiger partial charge in [0.25, 0.3) is 5.91 Å². The first-order chi connectivity index (χ1) is 12.6. The van der Waals surface area contributed by atoms with Crippen LogP contribution >= 0.6 is 0 Å². The second-order valence-corrected chi connectivity index (χ2v) is 5.89. The Kier molecular flexibility index (Phi) is 3.89. The highest BCUT2D eigenvalue weighted by Gasteiger charge is 2.18. The molecular formula is C19H17N5O2. The van der Waals surface area contributed by atoms with Gasteiger partial charge >= 0.3 is 0 Å². The SMILES string of the molecule is Cc1nn(-c2ccccc2)c(C)c1NC(=O)c1cc(-c2ccco2)[nH]n1. The predicted octanol–water partition coefficient (Wildman–Crippen LogP) is 3.72. The molecule has 0 aliphatic heterocycles. The molecule has 4 aromatic rings. The van der Waals surface area contributed by atoms with Crippen LogP contribution in [0.1, 0.15) is 21.9 Å². The largest absolute Gasteiger partial charge is 0.463 e. The van der Waals surface area contributed by atoms with Crippen molar-refractivity contribution in [3.05, 3.63) is 71.9 Å². The molecule has 7 nitrogen and oxygen atoms in total. The lowest BCUT2D eigenvalue weighted by atomic mass is 10.2. The number of para-hydroxylation sites is 1. The number of aromatic nitrogens is 4. The molecule has 3 aromatic heterocycles. The van der Waals surface area contributed by atoms with Gasteiger partial charge in [0.1, 0.15) is 5.69 Å². The number of carbonyl (C=O) groups is 1. The van der Waals surface area contributed by atoms with Gasteiger partial charge in [-0.2, -0.15) is 10.2 Å². The smallest absolute Gasteiger partial charge is 0.276 e. The molecule has 0 aliphatic carbocycles. The molecule has 0 bridgehead atoms. The zero-order chi connectivity index (χ0) is 18.1. The highest BCUT2D eigenvalue weighted by molar-refractivity contribution is 6.04. The van der Waals surface area contributed by atoms with Crippen LogP contribution in [0, 0.1) is 13.8 Å². The highest BCUT2D eigenvalue weighted by Crippen LogP contribution is 2.24. The number of benzene rings is 1. The first-order valence-electron chi connectivity index (χ1n) is 8.16. The summed E-state index contributed by atoms with van der Waals surface area (Å²) in [5, 5.41) is 14.3. The van der Waals surface area contributed by atoms with E-state index in [-0.39, 0.29) is 11.6 Å². The Hall–Kier alpha value is -3.61. The molecule has 0 saturated carbocycles. The number of aromatic amines is 1. The number of hydrogen-bond acceptors (Lipinski definition) is 4. The maximum atomic E-state index is 12.6. The maximum absolute atomic E-state index is 12.6. The van der Waals surface area contributed by atoms with Crippen molar-refractivity contribution in [3.63, 3.8) is 0 Å². The van der Waals surface area contributed by atoms with Crippen LogP contribution in [0.5, 0.6) is 0 Å². The average molecular weight is 347 g/mol.